The highest BCUT2D eigenvalue weighted by Crippen LogP contribution is 2.20. The van der Waals surface area contributed by atoms with Crippen LogP contribution in [0.25, 0.3) is 11.0 Å². The summed E-state index contributed by atoms with van der Waals surface area (Å²) >= 11 is 0. The van der Waals surface area contributed by atoms with E-state index in [1.54, 1.807) is 19.2 Å². The van der Waals surface area contributed by atoms with E-state index >= 15 is 0 Å². The van der Waals surface area contributed by atoms with Gasteiger partial charge in [0.1, 0.15) is 0 Å². The molecule has 0 spiro atoms. The van der Waals surface area contributed by atoms with Gasteiger partial charge in [-0.25, -0.2) is 14.5 Å². The first-order chi connectivity index (χ1) is 11.9. The molecule has 0 fully saturated rings. The van der Waals surface area contributed by atoms with E-state index in [9.17, 15) is 4.79 Å². The molecule has 0 amide bonds. The third kappa shape index (κ3) is 3.38. The summed E-state index contributed by atoms with van der Waals surface area (Å²) in [6, 6.07) is 1.94. The van der Waals surface area contributed by atoms with Crippen LogP contribution in [-0.2, 0) is 11.3 Å². The lowest BCUT2D eigenvalue weighted by Crippen LogP contribution is -2.10. The van der Waals surface area contributed by atoms with Crippen molar-refractivity contribution in [3.8, 4) is 0 Å². The Kier molecular flexibility index (Phi) is 4.52. The van der Waals surface area contributed by atoms with Gasteiger partial charge in [-0.05, 0) is 26.8 Å². The second-order valence-corrected chi connectivity index (χ2v) is 6.49. The van der Waals surface area contributed by atoms with Crippen molar-refractivity contribution in [2.75, 3.05) is 0 Å². The zero-order valence-corrected chi connectivity index (χ0v) is 15.0. The smallest absolute Gasteiger partial charge is 0.340 e. The molecule has 0 aromatic carbocycles. The molecule has 0 radical (unpaired) electrons. The van der Waals surface area contributed by atoms with E-state index < -0.39 is 5.97 Å². The van der Waals surface area contributed by atoms with Crippen molar-refractivity contribution < 1.29 is 14.1 Å². The minimum absolute atomic E-state index is 0.0682. The zero-order chi connectivity index (χ0) is 18.1. The fraction of sp³-hybridized carbons (Fsp3) is 0.471. The van der Waals surface area contributed by atoms with Crippen LogP contribution < -0.4 is 0 Å². The molecule has 0 aliphatic heterocycles. The third-order valence-corrected chi connectivity index (χ3v) is 3.80. The van der Waals surface area contributed by atoms with Gasteiger partial charge < -0.3 is 9.26 Å². The first-order valence-electron chi connectivity index (χ1n) is 8.21. The van der Waals surface area contributed by atoms with Crippen molar-refractivity contribution in [3.63, 3.8) is 0 Å². The molecule has 0 aliphatic carbocycles. The molecule has 0 unspecified atom stereocenters. The fourth-order valence-corrected chi connectivity index (χ4v) is 2.42. The van der Waals surface area contributed by atoms with E-state index in [0.29, 0.717) is 17.1 Å². The number of fused-ring (bicyclic) bond motifs is 1. The molecule has 3 heterocycles. The van der Waals surface area contributed by atoms with Crippen LogP contribution in [0.3, 0.4) is 0 Å². The summed E-state index contributed by atoms with van der Waals surface area (Å²) in [4.78, 5) is 21.1. The average molecular weight is 343 g/mol. The van der Waals surface area contributed by atoms with E-state index in [2.05, 4.69) is 20.2 Å². The predicted molar refractivity (Wildman–Crippen MR) is 90.2 cm³/mol. The molecule has 0 saturated heterocycles. The summed E-state index contributed by atoms with van der Waals surface area (Å²) in [5.41, 5.74) is 1.75. The highest BCUT2D eigenvalue weighted by molar-refractivity contribution is 5.94. The van der Waals surface area contributed by atoms with Crippen molar-refractivity contribution in [3.05, 3.63) is 35.2 Å². The molecular formula is C17H21N5O3. The SMILES string of the molecule is Cc1nc2c(cnn2C(C)C)cc1C(=O)OCc1nc(C(C)C)no1. The molecule has 0 aliphatic rings. The number of carbonyl (C=O) groups excluding carboxylic acids is 1. The Morgan fingerprint density at radius 3 is 2.68 bits per heavy atom. The van der Waals surface area contributed by atoms with Gasteiger partial charge in [-0.3, -0.25) is 0 Å². The van der Waals surface area contributed by atoms with Gasteiger partial charge >= 0.3 is 5.97 Å². The summed E-state index contributed by atoms with van der Waals surface area (Å²) in [5, 5.41) is 8.96. The summed E-state index contributed by atoms with van der Waals surface area (Å²) < 4.78 is 12.2. The standard InChI is InChI=1S/C17H21N5O3/c1-9(2)15-20-14(25-21-15)8-24-17(23)13-6-12-7-18-22(10(3)4)16(12)19-11(13)5/h6-7,9-10H,8H2,1-5H3. The lowest BCUT2D eigenvalue weighted by atomic mass is 10.2. The second-order valence-electron chi connectivity index (χ2n) is 6.49. The van der Waals surface area contributed by atoms with Gasteiger partial charge in [-0.1, -0.05) is 19.0 Å². The molecule has 8 nitrogen and oxygen atoms in total. The minimum Gasteiger partial charge on any atom is -0.452 e. The summed E-state index contributed by atoms with van der Waals surface area (Å²) in [6.45, 7) is 9.69. The topological polar surface area (TPSA) is 95.9 Å². The number of nitrogens with zero attached hydrogens (tertiary/aromatic N) is 5. The second kappa shape index (κ2) is 6.62. The molecule has 0 atom stereocenters. The number of aromatic nitrogens is 5. The predicted octanol–water partition coefficient (Wildman–Crippen LogP) is 3.18. The molecule has 0 saturated carbocycles. The van der Waals surface area contributed by atoms with E-state index in [1.165, 1.54) is 0 Å². The maximum Gasteiger partial charge on any atom is 0.340 e. The summed E-state index contributed by atoms with van der Waals surface area (Å²) in [5.74, 6) is 0.538. The normalized spacial score (nSPS) is 11.6. The number of rotatable bonds is 5. The summed E-state index contributed by atoms with van der Waals surface area (Å²) in [7, 11) is 0. The lowest BCUT2D eigenvalue weighted by Gasteiger charge is -2.08. The number of pyridine rings is 1. The quantitative estimate of drug-likeness (QED) is 0.656. The Morgan fingerprint density at radius 1 is 1.28 bits per heavy atom. The molecule has 132 valence electrons. The highest BCUT2D eigenvalue weighted by atomic mass is 16.6. The molecule has 3 aromatic heterocycles. The largest absolute Gasteiger partial charge is 0.452 e. The lowest BCUT2D eigenvalue weighted by molar-refractivity contribution is 0.0428. The van der Waals surface area contributed by atoms with Crippen LogP contribution in [-0.4, -0.2) is 30.9 Å². The Hall–Kier alpha value is -2.77. The van der Waals surface area contributed by atoms with Crippen LogP contribution in [0, 0.1) is 6.92 Å². The first-order valence-corrected chi connectivity index (χ1v) is 8.21. The van der Waals surface area contributed by atoms with E-state index in [0.717, 1.165) is 11.0 Å². The van der Waals surface area contributed by atoms with Gasteiger partial charge in [-0.15, -0.1) is 0 Å². The fourth-order valence-electron chi connectivity index (χ4n) is 2.42. The van der Waals surface area contributed by atoms with Crippen molar-refractivity contribution in [2.24, 2.45) is 0 Å². The third-order valence-electron chi connectivity index (χ3n) is 3.80. The maximum atomic E-state index is 12.4. The van der Waals surface area contributed by atoms with Gasteiger partial charge in [0.05, 0.1) is 17.5 Å². The van der Waals surface area contributed by atoms with Crippen molar-refractivity contribution >= 4 is 17.0 Å². The Balaban J connectivity index is 1.78. The first kappa shape index (κ1) is 17.1. The van der Waals surface area contributed by atoms with Gasteiger partial charge in [0.2, 0.25) is 0 Å². The van der Waals surface area contributed by atoms with Crippen LogP contribution in [0.1, 0.15) is 67.4 Å². The van der Waals surface area contributed by atoms with E-state index in [1.807, 2.05) is 32.4 Å². The van der Waals surface area contributed by atoms with Crippen LogP contribution in [0.2, 0.25) is 0 Å². The maximum absolute atomic E-state index is 12.4. The number of esters is 1. The van der Waals surface area contributed by atoms with Crippen LogP contribution in [0.4, 0.5) is 0 Å². The molecule has 3 rings (SSSR count). The number of carbonyl (C=O) groups is 1. The number of hydrogen-bond acceptors (Lipinski definition) is 7. The minimum atomic E-state index is -0.478. The molecule has 8 heteroatoms. The molecule has 3 aromatic rings. The Bertz CT molecular complexity index is 910. The zero-order valence-electron chi connectivity index (χ0n) is 15.0. The van der Waals surface area contributed by atoms with E-state index in [4.69, 9.17) is 9.26 Å². The molecular weight excluding hydrogens is 322 g/mol. The number of aryl methyl sites for hydroxylation is 1. The van der Waals surface area contributed by atoms with Crippen molar-refractivity contribution in [1.29, 1.82) is 0 Å². The molecule has 25 heavy (non-hydrogen) atoms. The van der Waals surface area contributed by atoms with Crippen molar-refractivity contribution in [2.45, 2.75) is 53.2 Å². The Labute approximate surface area is 145 Å². The number of hydrogen-bond donors (Lipinski definition) is 0. The van der Waals surface area contributed by atoms with Gasteiger partial charge in [0, 0.05) is 17.3 Å². The van der Waals surface area contributed by atoms with Gasteiger partial charge in [0.25, 0.3) is 5.89 Å². The number of ether oxygens (including phenoxy) is 1. The Morgan fingerprint density at radius 2 is 2.04 bits per heavy atom. The van der Waals surface area contributed by atoms with Crippen LogP contribution >= 0.6 is 0 Å². The van der Waals surface area contributed by atoms with E-state index in [-0.39, 0.29) is 24.5 Å². The average Bonchev–Trinajstić information content (AvgIpc) is 3.18. The van der Waals surface area contributed by atoms with Gasteiger partial charge in [0.15, 0.2) is 18.1 Å². The molecule has 0 N–H and O–H groups in total. The van der Waals surface area contributed by atoms with Crippen LogP contribution in [0.5, 0.6) is 0 Å². The monoisotopic (exact) mass is 343 g/mol. The molecule has 0 bridgehead atoms. The summed E-state index contributed by atoms with van der Waals surface area (Å²) in [6.07, 6.45) is 1.70. The van der Waals surface area contributed by atoms with Crippen molar-refractivity contribution in [1.82, 2.24) is 24.9 Å². The van der Waals surface area contributed by atoms with Gasteiger partial charge in [-0.2, -0.15) is 10.1 Å². The van der Waals surface area contributed by atoms with Crippen LogP contribution in [0.15, 0.2) is 16.8 Å². The highest BCUT2D eigenvalue weighted by Gasteiger charge is 2.18.